The van der Waals surface area contributed by atoms with Crippen LogP contribution in [0.3, 0.4) is 0 Å². The standard InChI is InChI=1S/C20H22FN3O2/c21-18-6-2-1-5-15(18)11-24-12-16-8-17(19(13-24)26-16)20(25)23-10-14-4-3-7-22-9-14/h1-7,9,16-17,19H,8,10-13H2,(H,23,25)/t16-,17-,19+/m0/s1. The molecule has 2 fully saturated rings. The van der Waals surface area contributed by atoms with Gasteiger partial charge in [-0.05, 0) is 24.1 Å². The summed E-state index contributed by atoms with van der Waals surface area (Å²) in [5, 5.41) is 2.99. The molecule has 4 rings (SSSR count). The van der Waals surface area contributed by atoms with Crippen molar-refractivity contribution in [2.45, 2.75) is 31.7 Å². The molecule has 26 heavy (non-hydrogen) atoms. The average molecular weight is 355 g/mol. The summed E-state index contributed by atoms with van der Waals surface area (Å²) in [6.07, 6.45) is 4.09. The van der Waals surface area contributed by atoms with Crippen LogP contribution in [0.15, 0.2) is 48.8 Å². The lowest BCUT2D eigenvalue weighted by Gasteiger charge is -2.32. The fourth-order valence-corrected chi connectivity index (χ4v) is 3.83. The number of morpholine rings is 1. The van der Waals surface area contributed by atoms with Crippen LogP contribution in [0.1, 0.15) is 17.5 Å². The van der Waals surface area contributed by atoms with Gasteiger partial charge in [0, 0.05) is 44.1 Å². The second-order valence-electron chi connectivity index (χ2n) is 7.00. The van der Waals surface area contributed by atoms with Gasteiger partial charge in [0.15, 0.2) is 0 Å². The molecule has 1 aromatic carbocycles. The lowest BCUT2D eigenvalue weighted by atomic mass is 9.99. The number of carbonyl (C=O) groups excluding carboxylic acids is 1. The molecule has 2 aliphatic rings. The van der Waals surface area contributed by atoms with Crippen molar-refractivity contribution in [3.8, 4) is 0 Å². The van der Waals surface area contributed by atoms with Gasteiger partial charge in [-0.25, -0.2) is 4.39 Å². The molecular formula is C20H22FN3O2. The zero-order chi connectivity index (χ0) is 17.9. The molecule has 2 bridgehead atoms. The van der Waals surface area contributed by atoms with E-state index >= 15 is 0 Å². The molecule has 1 aromatic heterocycles. The van der Waals surface area contributed by atoms with Crippen LogP contribution in [0.25, 0.3) is 0 Å². The van der Waals surface area contributed by atoms with Gasteiger partial charge in [0.25, 0.3) is 0 Å². The quantitative estimate of drug-likeness (QED) is 0.893. The third-order valence-corrected chi connectivity index (χ3v) is 5.11. The molecule has 3 heterocycles. The maximum Gasteiger partial charge on any atom is 0.226 e. The van der Waals surface area contributed by atoms with Gasteiger partial charge in [0.1, 0.15) is 5.82 Å². The summed E-state index contributed by atoms with van der Waals surface area (Å²) in [5.74, 6) is -0.312. The number of hydrogen-bond acceptors (Lipinski definition) is 4. The number of fused-ring (bicyclic) bond motifs is 2. The van der Waals surface area contributed by atoms with Gasteiger partial charge >= 0.3 is 0 Å². The smallest absolute Gasteiger partial charge is 0.226 e. The number of likely N-dealkylation sites (tertiary alicyclic amines) is 1. The Morgan fingerprint density at radius 1 is 1.27 bits per heavy atom. The first-order valence-electron chi connectivity index (χ1n) is 8.97. The molecule has 2 aliphatic heterocycles. The number of nitrogens with one attached hydrogen (secondary N) is 1. The molecule has 136 valence electrons. The molecule has 0 unspecified atom stereocenters. The number of amides is 1. The van der Waals surface area contributed by atoms with Gasteiger partial charge in [0.05, 0.1) is 18.1 Å². The van der Waals surface area contributed by atoms with Gasteiger partial charge in [-0.2, -0.15) is 0 Å². The van der Waals surface area contributed by atoms with Gasteiger partial charge in [-0.1, -0.05) is 24.3 Å². The van der Waals surface area contributed by atoms with Crippen molar-refractivity contribution in [3.63, 3.8) is 0 Å². The maximum atomic E-state index is 13.9. The molecule has 6 heteroatoms. The molecule has 1 N–H and O–H groups in total. The average Bonchev–Trinajstić information content (AvgIpc) is 2.97. The van der Waals surface area contributed by atoms with Gasteiger partial charge in [-0.15, -0.1) is 0 Å². The third-order valence-electron chi connectivity index (χ3n) is 5.11. The van der Waals surface area contributed by atoms with Crippen molar-refractivity contribution in [2.24, 2.45) is 5.92 Å². The Bertz CT molecular complexity index is 771. The maximum absolute atomic E-state index is 13.9. The number of halogens is 1. The predicted molar refractivity (Wildman–Crippen MR) is 94.5 cm³/mol. The second kappa shape index (κ2) is 7.51. The number of ether oxygens (including phenoxy) is 1. The van der Waals surface area contributed by atoms with Crippen molar-refractivity contribution in [1.29, 1.82) is 0 Å². The first-order chi connectivity index (χ1) is 12.7. The number of hydrogen-bond donors (Lipinski definition) is 1. The molecule has 2 saturated heterocycles. The summed E-state index contributed by atoms with van der Waals surface area (Å²) < 4.78 is 19.9. The number of rotatable bonds is 5. The number of nitrogens with zero attached hydrogens (tertiary/aromatic N) is 2. The van der Waals surface area contributed by atoms with Crippen LogP contribution >= 0.6 is 0 Å². The lowest BCUT2D eigenvalue weighted by molar-refractivity contribution is -0.128. The predicted octanol–water partition coefficient (Wildman–Crippen LogP) is 2.13. The number of aromatic nitrogens is 1. The number of carbonyl (C=O) groups is 1. The fourth-order valence-electron chi connectivity index (χ4n) is 3.83. The number of pyridine rings is 1. The highest BCUT2D eigenvalue weighted by molar-refractivity contribution is 5.79. The van der Waals surface area contributed by atoms with Crippen LogP contribution in [0.4, 0.5) is 4.39 Å². The third kappa shape index (κ3) is 3.76. The minimum Gasteiger partial charge on any atom is -0.371 e. The van der Waals surface area contributed by atoms with Gasteiger partial charge in [-0.3, -0.25) is 14.7 Å². The summed E-state index contributed by atoms with van der Waals surface area (Å²) in [7, 11) is 0. The molecule has 0 radical (unpaired) electrons. The largest absolute Gasteiger partial charge is 0.371 e. The highest BCUT2D eigenvalue weighted by Gasteiger charge is 2.44. The molecule has 0 saturated carbocycles. The Morgan fingerprint density at radius 3 is 2.96 bits per heavy atom. The number of benzene rings is 1. The van der Waals surface area contributed by atoms with Crippen LogP contribution in [-0.2, 0) is 22.6 Å². The van der Waals surface area contributed by atoms with E-state index in [9.17, 15) is 9.18 Å². The Hall–Kier alpha value is -2.31. The topological polar surface area (TPSA) is 54.5 Å². The minimum absolute atomic E-state index is 0.0223. The first kappa shape index (κ1) is 17.1. The van der Waals surface area contributed by atoms with Crippen molar-refractivity contribution >= 4 is 5.91 Å². The van der Waals surface area contributed by atoms with Gasteiger partial charge in [0.2, 0.25) is 5.91 Å². The zero-order valence-electron chi connectivity index (χ0n) is 14.5. The van der Waals surface area contributed by atoms with Crippen molar-refractivity contribution in [2.75, 3.05) is 13.1 Å². The Morgan fingerprint density at radius 2 is 2.15 bits per heavy atom. The zero-order valence-corrected chi connectivity index (χ0v) is 14.5. The normalized spacial score (nSPS) is 25.2. The van der Waals surface area contributed by atoms with E-state index < -0.39 is 0 Å². The van der Waals surface area contributed by atoms with Crippen molar-refractivity contribution in [3.05, 3.63) is 65.7 Å². The summed E-state index contributed by atoms with van der Waals surface area (Å²) >= 11 is 0. The molecule has 2 aromatic rings. The molecule has 3 atom stereocenters. The Balaban J connectivity index is 1.35. The Labute approximate surface area is 152 Å². The summed E-state index contributed by atoms with van der Waals surface area (Å²) in [6, 6.07) is 10.6. The highest BCUT2D eigenvalue weighted by Crippen LogP contribution is 2.33. The SMILES string of the molecule is O=C(NCc1cccnc1)[C@H]1C[C@H]2CN(Cc3ccccc3F)C[C@H]1O2. The van der Waals surface area contributed by atoms with Crippen LogP contribution in [0, 0.1) is 11.7 Å². The van der Waals surface area contributed by atoms with E-state index in [0.717, 1.165) is 18.5 Å². The van der Waals surface area contributed by atoms with E-state index in [1.54, 1.807) is 18.5 Å². The van der Waals surface area contributed by atoms with Crippen LogP contribution in [-0.4, -0.2) is 41.1 Å². The van der Waals surface area contributed by atoms with Crippen molar-refractivity contribution in [1.82, 2.24) is 15.2 Å². The lowest BCUT2D eigenvalue weighted by Crippen LogP contribution is -2.45. The fraction of sp³-hybridized carbons (Fsp3) is 0.400. The van der Waals surface area contributed by atoms with E-state index in [2.05, 4.69) is 15.2 Å². The van der Waals surface area contributed by atoms with Gasteiger partial charge < -0.3 is 10.1 Å². The molecule has 0 aliphatic carbocycles. The van der Waals surface area contributed by atoms with E-state index in [4.69, 9.17) is 4.74 Å². The van der Waals surface area contributed by atoms with E-state index in [0.29, 0.717) is 25.2 Å². The van der Waals surface area contributed by atoms with Crippen LogP contribution < -0.4 is 5.32 Å². The Kier molecular flexibility index (Phi) is 4.95. The van der Waals surface area contributed by atoms with Crippen molar-refractivity contribution < 1.29 is 13.9 Å². The highest BCUT2D eigenvalue weighted by atomic mass is 19.1. The van der Waals surface area contributed by atoms with E-state index in [-0.39, 0.29) is 29.9 Å². The monoisotopic (exact) mass is 355 g/mol. The summed E-state index contributed by atoms with van der Waals surface area (Å²) in [4.78, 5) is 18.8. The minimum atomic E-state index is -0.183. The van der Waals surface area contributed by atoms with E-state index in [1.165, 1.54) is 6.07 Å². The summed E-state index contributed by atoms with van der Waals surface area (Å²) in [6.45, 7) is 2.40. The van der Waals surface area contributed by atoms with Crippen LogP contribution in [0.5, 0.6) is 0 Å². The second-order valence-corrected chi connectivity index (χ2v) is 7.00. The first-order valence-corrected chi connectivity index (χ1v) is 8.97. The molecule has 0 spiro atoms. The van der Waals surface area contributed by atoms with E-state index in [1.807, 2.05) is 24.3 Å². The summed E-state index contributed by atoms with van der Waals surface area (Å²) in [5.41, 5.74) is 1.66. The molecule has 1 amide bonds. The molecule has 5 nitrogen and oxygen atoms in total. The van der Waals surface area contributed by atoms with Crippen LogP contribution in [0.2, 0.25) is 0 Å². The molecular weight excluding hydrogens is 333 g/mol.